The molecule has 12 heteroatoms. The van der Waals surface area contributed by atoms with Gasteiger partial charge in [-0.25, -0.2) is 14.1 Å². The summed E-state index contributed by atoms with van der Waals surface area (Å²) < 4.78 is 16.4. The molecule has 1 aromatic carbocycles. The maximum absolute atomic E-state index is 13.9. The summed E-state index contributed by atoms with van der Waals surface area (Å²) in [5, 5.41) is 21.5. The Labute approximate surface area is 163 Å². The zero-order chi connectivity index (χ0) is 20.3. The largest absolute Gasteiger partial charge is 0.307 e. The Morgan fingerprint density at radius 3 is 2.89 bits per heavy atom. The van der Waals surface area contributed by atoms with E-state index in [1.54, 1.807) is 13.0 Å². The molecule has 28 heavy (non-hydrogen) atoms. The van der Waals surface area contributed by atoms with Gasteiger partial charge in [0.25, 0.3) is 5.91 Å². The Balaban J connectivity index is 1.71. The molecule has 2 aromatic heterocycles. The molecule has 3 rings (SSSR count). The zero-order valence-corrected chi connectivity index (χ0v) is 15.4. The smallest absolute Gasteiger partial charge is 0.291 e. The first kappa shape index (κ1) is 19.4. The van der Waals surface area contributed by atoms with Crippen molar-refractivity contribution in [1.29, 1.82) is 0 Å². The van der Waals surface area contributed by atoms with Gasteiger partial charge in [-0.1, -0.05) is 24.6 Å². The van der Waals surface area contributed by atoms with Gasteiger partial charge in [0.05, 0.1) is 11.5 Å². The van der Waals surface area contributed by atoms with Crippen LogP contribution >= 0.6 is 11.6 Å². The van der Waals surface area contributed by atoms with Crippen molar-refractivity contribution in [2.24, 2.45) is 0 Å². The van der Waals surface area contributed by atoms with E-state index in [9.17, 15) is 19.3 Å². The number of amides is 1. The van der Waals surface area contributed by atoms with Gasteiger partial charge in [-0.2, -0.15) is 5.10 Å². The summed E-state index contributed by atoms with van der Waals surface area (Å²) in [4.78, 5) is 26.6. The third-order valence-electron chi connectivity index (χ3n) is 3.96. The van der Waals surface area contributed by atoms with E-state index in [1.165, 1.54) is 34.0 Å². The quantitative estimate of drug-likeness (QED) is 0.475. The second-order valence-electron chi connectivity index (χ2n) is 5.81. The summed E-state index contributed by atoms with van der Waals surface area (Å²) in [6, 6.07) is 3.57. The molecule has 1 amide bonds. The highest BCUT2D eigenvalue weighted by molar-refractivity contribution is 6.31. The first-order valence-corrected chi connectivity index (χ1v) is 8.58. The van der Waals surface area contributed by atoms with Crippen molar-refractivity contribution >= 4 is 29.1 Å². The molecule has 0 radical (unpaired) electrons. The van der Waals surface area contributed by atoms with Crippen molar-refractivity contribution in [2.45, 2.75) is 25.9 Å². The molecule has 3 aromatic rings. The lowest BCUT2D eigenvalue weighted by molar-refractivity contribution is -0.385. The van der Waals surface area contributed by atoms with Crippen LogP contribution < -0.4 is 5.32 Å². The third-order valence-corrected chi connectivity index (χ3v) is 4.31. The lowest BCUT2D eigenvalue weighted by Gasteiger charge is -2.13. The molecule has 1 unspecified atom stereocenters. The maximum atomic E-state index is 13.9. The number of anilines is 1. The van der Waals surface area contributed by atoms with E-state index in [2.05, 4.69) is 20.5 Å². The van der Waals surface area contributed by atoms with Crippen LogP contribution in [0.4, 0.5) is 16.0 Å². The Bertz CT molecular complexity index is 999. The lowest BCUT2D eigenvalue weighted by Crippen LogP contribution is -2.26. The van der Waals surface area contributed by atoms with Crippen LogP contribution in [0.2, 0.25) is 5.02 Å². The molecule has 0 aliphatic carbocycles. The molecule has 0 bridgehead atoms. The number of nitrogens with one attached hydrogen (secondary N) is 1. The van der Waals surface area contributed by atoms with E-state index in [1.807, 2.05) is 0 Å². The monoisotopic (exact) mass is 407 g/mol. The minimum absolute atomic E-state index is 0.0116. The number of aromatic nitrogens is 5. The second kappa shape index (κ2) is 8.13. The fourth-order valence-corrected chi connectivity index (χ4v) is 2.78. The molecule has 1 atom stereocenters. The Morgan fingerprint density at radius 2 is 2.25 bits per heavy atom. The summed E-state index contributed by atoms with van der Waals surface area (Å²) in [5.74, 6) is -0.945. The molecule has 0 spiro atoms. The molecule has 0 aliphatic rings. The summed E-state index contributed by atoms with van der Waals surface area (Å²) in [6.07, 6.45) is 3.93. The molecule has 10 nitrogen and oxygen atoms in total. The number of nitrogens with zero attached hydrogens (tertiary/aromatic N) is 6. The second-order valence-corrected chi connectivity index (χ2v) is 6.22. The average Bonchev–Trinajstić information content (AvgIpc) is 3.29. The fraction of sp³-hybridized carbons (Fsp3) is 0.250. The highest BCUT2D eigenvalue weighted by Gasteiger charge is 2.23. The van der Waals surface area contributed by atoms with Crippen molar-refractivity contribution in [3.63, 3.8) is 0 Å². The standard InChI is InChI=1S/C16H15ClFN7O3/c1-2-14(24-7-10(6-20-24)25(27)28)15(26)21-16-19-9-23(22-16)8-11-12(17)4-3-5-13(11)18/h3-7,9,14H,2,8H2,1H3,(H,21,22,26). The molecule has 2 heterocycles. The van der Waals surface area contributed by atoms with Crippen molar-refractivity contribution in [3.8, 4) is 0 Å². The molecule has 0 saturated carbocycles. The van der Waals surface area contributed by atoms with Crippen molar-refractivity contribution < 1.29 is 14.1 Å². The number of hydrogen-bond acceptors (Lipinski definition) is 6. The molecule has 1 N–H and O–H groups in total. The van der Waals surface area contributed by atoms with Crippen LogP contribution in [-0.2, 0) is 11.3 Å². The predicted molar refractivity (Wildman–Crippen MR) is 97.4 cm³/mol. The number of carbonyl (C=O) groups is 1. The highest BCUT2D eigenvalue weighted by Crippen LogP contribution is 2.20. The summed E-state index contributed by atoms with van der Waals surface area (Å²) in [7, 11) is 0. The van der Waals surface area contributed by atoms with Gasteiger partial charge in [-0.3, -0.25) is 24.9 Å². The summed E-state index contributed by atoms with van der Waals surface area (Å²) in [6.45, 7) is 1.78. The number of halogens is 2. The Hall–Kier alpha value is -3.34. The maximum Gasteiger partial charge on any atom is 0.307 e. The Morgan fingerprint density at radius 1 is 1.46 bits per heavy atom. The van der Waals surface area contributed by atoms with Crippen molar-refractivity contribution in [2.75, 3.05) is 5.32 Å². The van der Waals surface area contributed by atoms with Gasteiger partial charge >= 0.3 is 5.69 Å². The molecule has 0 saturated heterocycles. The fourth-order valence-electron chi connectivity index (χ4n) is 2.55. The third kappa shape index (κ3) is 4.14. The van der Waals surface area contributed by atoms with Crippen LogP contribution in [-0.4, -0.2) is 35.4 Å². The van der Waals surface area contributed by atoms with Gasteiger partial charge < -0.3 is 0 Å². The zero-order valence-electron chi connectivity index (χ0n) is 14.6. The number of carbonyl (C=O) groups excluding carboxylic acids is 1. The van der Waals surface area contributed by atoms with Crippen molar-refractivity contribution in [3.05, 3.63) is 63.4 Å². The van der Waals surface area contributed by atoms with Crippen molar-refractivity contribution in [1.82, 2.24) is 24.5 Å². The predicted octanol–water partition coefficient (Wildman–Crippen LogP) is 2.81. The summed E-state index contributed by atoms with van der Waals surface area (Å²) >= 11 is 5.99. The van der Waals surface area contributed by atoms with E-state index in [0.717, 1.165) is 6.20 Å². The number of benzene rings is 1. The van der Waals surface area contributed by atoms with Gasteiger partial charge in [0.15, 0.2) is 0 Å². The number of nitro groups is 1. The minimum Gasteiger partial charge on any atom is -0.291 e. The van der Waals surface area contributed by atoms with Gasteiger partial charge in [0, 0.05) is 10.6 Å². The SMILES string of the molecule is CCC(C(=O)Nc1ncn(Cc2c(F)cccc2Cl)n1)n1cc([N+](=O)[O-])cn1. The van der Waals surface area contributed by atoms with Crippen LogP contribution in [0.1, 0.15) is 24.9 Å². The molecular weight excluding hydrogens is 393 g/mol. The van der Waals surface area contributed by atoms with Crippen LogP contribution in [0.5, 0.6) is 0 Å². The molecular formula is C16H15ClFN7O3. The first-order chi connectivity index (χ1) is 13.4. The normalized spacial score (nSPS) is 12.0. The molecule has 146 valence electrons. The van der Waals surface area contributed by atoms with Gasteiger partial charge in [0.2, 0.25) is 5.95 Å². The Kier molecular flexibility index (Phi) is 5.64. The summed E-state index contributed by atoms with van der Waals surface area (Å²) in [5.41, 5.74) is 0.0395. The molecule has 0 aliphatic heterocycles. The van der Waals surface area contributed by atoms with E-state index in [-0.39, 0.29) is 28.8 Å². The van der Waals surface area contributed by atoms with Crippen LogP contribution in [0.15, 0.2) is 36.9 Å². The van der Waals surface area contributed by atoms with Gasteiger partial charge in [0.1, 0.15) is 30.6 Å². The van der Waals surface area contributed by atoms with Gasteiger partial charge in [-0.05, 0) is 18.6 Å². The van der Waals surface area contributed by atoms with Gasteiger partial charge in [-0.15, -0.1) is 5.10 Å². The van der Waals surface area contributed by atoms with Crippen LogP contribution in [0, 0.1) is 15.9 Å². The van der Waals surface area contributed by atoms with E-state index in [0.29, 0.717) is 6.42 Å². The number of rotatable bonds is 7. The molecule has 0 fully saturated rings. The van der Waals surface area contributed by atoms with E-state index >= 15 is 0 Å². The topological polar surface area (TPSA) is 121 Å². The number of hydrogen-bond donors (Lipinski definition) is 1. The van der Waals surface area contributed by atoms with E-state index in [4.69, 9.17) is 11.6 Å². The highest BCUT2D eigenvalue weighted by atomic mass is 35.5. The first-order valence-electron chi connectivity index (χ1n) is 8.20. The lowest BCUT2D eigenvalue weighted by atomic mass is 10.2. The van der Waals surface area contributed by atoms with E-state index < -0.39 is 22.7 Å². The average molecular weight is 408 g/mol. The van der Waals surface area contributed by atoms with Crippen LogP contribution in [0.25, 0.3) is 0 Å². The van der Waals surface area contributed by atoms with Crippen LogP contribution in [0.3, 0.4) is 0 Å². The minimum atomic E-state index is -0.776.